The van der Waals surface area contributed by atoms with Crippen molar-refractivity contribution in [3.8, 4) is 5.75 Å². The van der Waals surface area contributed by atoms with E-state index in [-0.39, 0.29) is 28.6 Å². The summed E-state index contributed by atoms with van der Waals surface area (Å²) in [7, 11) is 0. The summed E-state index contributed by atoms with van der Waals surface area (Å²) in [5, 5.41) is 10.9. The molecule has 4 nitrogen and oxygen atoms in total. The average Bonchev–Trinajstić information content (AvgIpc) is 2.63. The number of aryl methyl sites for hydroxylation is 1. The van der Waals surface area contributed by atoms with Gasteiger partial charge in [-0.25, -0.2) is 4.39 Å². The van der Waals surface area contributed by atoms with Crippen LogP contribution in [0.4, 0.5) is 17.6 Å². The Bertz CT molecular complexity index is 988. The molecule has 0 aliphatic heterocycles. The molecule has 0 atom stereocenters. The first-order valence-corrected chi connectivity index (χ1v) is 9.27. The number of aliphatic carboxylic acids is 1. The molecule has 162 valence electrons. The number of rotatable bonds is 7. The third-order valence-electron chi connectivity index (χ3n) is 4.21. The Kier molecular flexibility index (Phi) is 7.04. The van der Waals surface area contributed by atoms with E-state index < -0.39 is 40.5 Å². The Morgan fingerprint density at radius 3 is 2.27 bits per heavy atom. The lowest BCUT2D eigenvalue weighted by atomic mass is 10.00. The number of carbonyl (C=O) groups excluding carboxylic acids is 2. The number of ether oxygens (including phenoxy) is 1. The molecular weight excluding hydrogens is 451 g/mol. The van der Waals surface area contributed by atoms with Crippen LogP contribution in [0.15, 0.2) is 30.3 Å². The molecule has 0 unspecified atom stereocenters. The topological polar surface area (TPSA) is 66.4 Å². The number of halogens is 6. The number of ketones is 1. The minimum Gasteiger partial charge on any atom is -0.546 e. The predicted molar refractivity (Wildman–Crippen MR) is 100 cm³/mol. The molecule has 0 saturated heterocycles. The highest BCUT2D eigenvalue weighted by Gasteiger charge is 2.35. The fourth-order valence-electron chi connectivity index (χ4n) is 2.51. The Labute approximate surface area is 179 Å². The molecule has 0 saturated carbocycles. The zero-order valence-corrected chi connectivity index (χ0v) is 17.2. The molecule has 0 N–H and O–H groups in total. The van der Waals surface area contributed by atoms with Crippen LogP contribution in [0.5, 0.6) is 5.75 Å². The van der Waals surface area contributed by atoms with E-state index in [1.807, 2.05) is 0 Å². The Morgan fingerprint density at radius 2 is 1.70 bits per heavy atom. The first-order valence-electron chi connectivity index (χ1n) is 8.52. The van der Waals surface area contributed by atoms with E-state index in [2.05, 4.69) is 0 Å². The van der Waals surface area contributed by atoms with Crippen LogP contribution in [0, 0.1) is 5.82 Å². The lowest BCUT2D eigenvalue weighted by molar-refractivity contribution is -0.320. The van der Waals surface area contributed by atoms with Crippen LogP contribution in [0.25, 0.3) is 0 Å². The maximum Gasteiger partial charge on any atom is 0.419 e. The SMILES string of the molecule is CC(C)(Oc1ccc(CCC(=O)c2cccc(C(F)(F)F)c2F)c(Cl)c1Cl)C(=O)[O-]. The minimum atomic E-state index is -4.92. The van der Waals surface area contributed by atoms with Gasteiger partial charge in [-0.3, -0.25) is 4.79 Å². The van der Waals surface area contributed by atoms with E-state index >= 15 is 0 Å². The molecule has 2 aromatic carbocycles. The lowest BCUT2D eigenvalue weighted by Crippen LogP contribution is -2.48. The third kappa shape index (κ3) is 5.23. The van der Waals surface area contributed by atoms with Crippen molar-refractivity contribution in [2.75, 3.05) is 0 Å². The molecule has 2 rings (SSSR count). The highest BCUT2D eigenvalue weighted by atomic mass is 35.5. The lowest BCUT2D eigenvalue weighted by Gasteiger charge is -2.28. The second kappa shape index (κ2) is 8.81. The van der Waals surface area contributed by atoms with Crippen LogP contribution in [0.3, 0.4) is 0 Å². The van der Waals surface area contributed by atoms with Crippen molar-refractivity contribution < 1.29 is 37.0 Å². The van der Waals surface area contributed by atoms with Gasteiger partial charge < -0.3 is 14.6 Å². The van der Waals surface area contributed by atoms with Crippen molar-refractivity contribution in [3.05, 3.63) is 62.9 Å². The van der Waals surface area contributed by atoms with E-state index in [1.54, 1.807) is 0 Å². The molecule has 30 heavy (non-hydrogen) atoms. The number of carbonyl (C=O) groups is 2. The highest BCUT2D eigenvalue weighted by molar-refractivity contribution is 6.43. The van der Waals surface area contributed by atoms with Crippen LogP contribution in [0.2, 0.25) is 10.0 Å². The van der Waals surface area contributed by atoms with Gasteiger partial charge in [0.15, 0.2) is 5.78 Å². The van der Waals surface area contributed by atoms with Crippen molar-refractivity contribution in [3.63, 3.8) is 0 Å². The van der Waals surface area contributed by atoms with E-state index in [0.29, 0.717) is 11.6 Å². The summed E-state index contributed by atoms with van der Waals surface area (Å²) >= 11 is 12.2. The summed E-state index contributed by atoms with van der Waals surface area (Å²) in [6.07, 6.45) is -5.30. The van der Waals surface area contributed by atoms with Crippen LogP contribution in [-0.2, 0) is 17.4 Å². The number of hydrogen-bond donors (Lipinski definition) is 0. The number of carboxylic acids is 1. The van der Waals surface area contributed by atoms with E-state index in [9.17, 15) is 32.3 Å². The summed E-state index contributed by atoms with van der Waals surface area (Å²) in [5.41, 5.74) is -3.54. The van der Waals surface area contributed by atoms with Gasteiger partial charge in [0.05, 0.1) is 22.1 Å². The molecule has 2 aromatic rings. The van der Waals surface area contributed by atoms with Gasteiger partial charge in [0.25, 0.3) is 0 Å². The largest absolute Gasteiger partial charge is 0.546 e. The standard InChI is InChI=1S/C20H16Cl2F4O4/c1-19(2,18(28)29)30-14-9-7-10(15(21)16(14)22)6-8-13(27)11-4-3-5-12(17(11)23)20(24,25)26/h3-5,7,9H,6,8H2,1-2H3,(H,28,29)/p-1. The fourth-order valence-corrected chi connectivity index (χ4v) is 2.98. The van der Waals surface area contributed by atoms with Gasteiger partial charge in [0.1, 0.15) is 22.2 Å². The average molecular weight is 466 g/mol. The molecule has 10 heteroatoms. The summed E-state index contributed by atoms with van der Waals surface area (Å²) in [5.74, 6) is -3.99. The molecule has 0 spiro atoms. The number of carboxylic acid groups (broad SMARTS) is 1. The highest BCUT2D eigenvalue weighted by Crippen LogP contribution is 2.37. The molecule has 0 radical (unpaired) electrons. The van der Waals surface area contributed by atoms with Crippen LogP contribution in [-0.4, -0.2) is 17.4 Å². The summed E-state index contributed by atoms with van der Waals surface area (Å²) < 4.78 is 57.8. The van der Waals surface area contributed by atoms with Crippen LogP contribution >= 0.6 is 23.2 Å². The number of benzene rings is 2. The van der Waals surface area contributed by atoms with Gasteiger partial charge >= 0.3 is 6.18 Å². The summed E-state index contributed by atoms with van der Waals surface area (Å²) in [6, 6.07) is 5.23. The molecule has 0 fully saturated rings. The third-order valence-corrected chi connectivity index (χ3v) is 5.11. The molecular formula is C20H15Cl2F4O4-. The first kappa shape index (κ1) is 24.0. The number of hydrogen-bond acceptors (Lipinski definition) is 4. The zero-order valence-electron chi connectivity index (χ0n) is 15.7. The fraction of sp³-hybridized carbons (Fsp3) is 0.300. The van der Waals surface area contributed by atoms with Crippen molar-refractivity contribution in [1.29, 1.82) is 0 Å². The monoisotopic (exact) mass is 465 g/mol. The van der Waals surface area contributed by atoms with Gasteiger partial charge in [-0.2, -0.15) is 13.2 Å². The molecule has 0 bridgehead atoms. The second-order valence-electron chi connectivity index (χ2n) is 6.84. The summed E-state index contributed by atoms with van der Waals surface area (Å²) in [4.78, 5) is 23.3. The van der Waals surface area contributed by atoms with Gasteiger partial charge in [0, 0.05) is 6.42 Å². The molecule has 0 heterocycles. The molecule has 0 aliphatic carbocycles. The van der Waals surface area contributed by atoms with E-state index in [1.165, 1.54) is 26.0 Å². The smallest absolute Gasteiger partial charge is 0.419 e. The van der Waals surface area contributed by atoms with Gasteiger partial charge in [-0.1, -0.05) is 35.3 Å². The second-order valence-corrected chi connectivity index (χ2v) is 7.59. The maximum atomic E-state index is 14.1. The van der Waals surface area contributed by atoms with Gasteiger partial charge in [-0.05, 0) is 44.0 Å². The number of alkyl halides is 3. The van der Waals surface area contributed by atoms with Crippen molar-refractivity contribution in [2.45, 2.75) is 38.5 Å². The zero-order chi connectivity index (χ0) is 22.9. The van der Waals surface area contributed by atoms with Gasteiger partial charge in [0.2, 0.25) is 0 Å². The quantitative estimate of drug-likeness (QED) is 0.431. The first-order chi connectivity index (χ1) is 13.8. The van der Waals surface area contributed by atoms with Crippen LogP contribution in [0.1, 0.15) is 41.8 Å². The van der Waals surface area contributed by atoms with E-state index in [4.69, 9.17) is 27.9 Å². The number of Topliss-reactive ketones (excluding diaryl/α,β-unsaturated/α-hetero) is 1. The normalized spacial score (nSPS) is 12.0. The van der Waals surface area contributed by atoms with Gasteiger partial charge in [-0.15, -0.1) is 0 Å². The molecule has 0 amide bonds. The van der Waals surface area contributed by atoms with E-state index in [0.717, 1.165) is 12.1 Å². The maximum absolute atomic E-state index is 14.1. The Morgan fingerprint density at radius 1 is 1.07 bits per heavy atom. The van der Waals surface area contributed by atoms with Crippen molar-refractivity contribution in [1.82, 2.24) is 0 Å². The Hall–Kier alpha value is -2.32. The Balaban J connectivity index is 2.20. The molecule has 0 aromatic heterocycles. The van der Waals surface area contributed by atoms with Crippen LogP contribution < -0.4 is 9.84 Å². The van der Waals surface area contributed by atoms with Crippen molar-refractivity contribution in [2.24, 2.45) is 0 Å². The van der Waals surface area contributed by atoms with Crippen molar-refractivity contribution >= 4 is 35.0 Å². The molecule has 0 aliphatic rings. The summed E-state index contributed by atoms with van der Waals surface area (Å²) in [6.45, 7) is 2.51. The predicted octanol–water partition coefficient (Wildman–Crippen LogP) is 4.87. The minimum absolute atomic E-state index is 0.0272.